The van der Waals surface area contributed by atoms with Crippen LogP contribution < -0.4 is 19.7 Å². The summed E-state index contributed by atoms with van der Waals surface area (Å²) in [6, 6.07) is 8.94. The van der Waals surface area contributed by atoms with Gasteiger partial charge < -0.3 is 14.8 Å². The number of carbonyl (C=O) groups is 2. The molecule has 2 heterocycles. The fraction of sp³-hybridized carbons (Fsp3) is 0.417. The van der Waals surface area contributed by atoms with Crippen molar-refractivity contribution in [1.29, 1.82) is 0 Å². The summed E-state index contributed by atoms with van der Waals surface area (Å²) in [5.41, 5.74) is 1.70. The number of sulfonamides is 1. The summed E-state index contributed by atoms with van der Waals surface area (Å²) >= 11 is 0. The van der Waals surface area contributed by atoms with Crippen molar-refractivity contribution in [1.82, 2.24) is 4.31 Å². The molecule has 1 atom stereocenters. The fourth-order valence-electron chi connectivity index (χ4n) is 4.58. The number of hydrogen-bond acceptors (Lipinski definition) is 6. The quantitative estimate of drug-likeness (QED) is 0.672. The molecule has 0 radical (unpaired) electrons. The van der Waals surface area contributed by atoms with Gasteiger partial charge in [-0.2, -0.15) is 4.31 Å². The molecule has 1 saturated heterocycles. The number of hydrogen-bond donors (Lipinski definition) is 1. The third kappa shape index (κ3) is 4.47. The van der Waals surface area contributed by atoms with E-state index < -0.39 is 16.1 Å². The van der Waals surface area contributed by atoms with Crippen LogP contribution >= 0.6 is 0 Å². The van der Waals surface area contributed by atoms with E-state index in [-0.39, 0.29) is 23.1 Å². The topological polar surface area (TPSA) is 105 Å². The van der Waals surface area contributed by atoms with Crippen molar-refractivity contribution in [2.45, 2.75) is 43.5 Å². The number of benzene rings is 2. The number of amides is 2. The summed E-state index contributed by atoms with van der Waals surface area (Å²) in [4.78, 5) is 27.3. The van der Waals surface area contributed by atoms with Crippen LogP contribution in [-0.4, -0.2) is 57.9 Å². The molecule has 2 amide bonds. The van der Waals surface area contributed by atoms with E-state index in [0.29, 0.717) is 41.5 Å². The first-order chi connectivity index (χ1) is 16.3. The molecule has 2 aliphatic heterocycles. The van der Waals surface area contributed by atoms with Crippen molar-refractivity contribution >= 4 is 33.2 Å². The van der Waals surface area contributed by atoms with Crippen molar-refractivity contribution in [3.8, 4) is 11.5 Å². The predicted molar refractivity (Wildman–Crippen MR) is 128 cm³/mol. The van der Waals surface area contributed by atoms with E-state index in [2.05, 4.69) is 5.32 Å². The Morgan fingerprint density at radius 1 is 0.971 bits per heavy atom. The van der Waals surface area contributed by atoms with Crippen molar-refractivity contribution < 1.29 is 27.5 Å². The minimum Gasteiger partial charge on any atom is -0.493 e. The first-order valence-electron chi connectivity index (χ1n) is 11.2. The largest absolute Gasteiger partial charge is 0.493 e. The lowest BCUT2D eigenvalue weighted by Gasteiger charge is -2.26. The lowest BCUT2D eigenvalue weighted by molar-refractivity contribution is -0.122. The van der Waals surface area contributed by atoms with Crippen LogP contribution in [0.15, 0.2) is 41.3 Å². The van der Waals surface area contributed by atoms with E-state index in [1.165, 1.54) is 36.4 Å². The second-order valence-corrected chi connectivity index (χ2v) is 10.4. The first kappa shape index (κ1) is 24.0. The van der Waals surface area contributed by atoms with Gasteiger partial charge >= 0.3 is 0 Å². The molecule has 4 rings (SSSR count). The molecule has 1 fully saturated rings. The predicted octanol–water partition coefficient (Wildman–Crippen LogP) is 2.79. The number of ether oxygens (including phenoxy) is 2. The normalized spacial score (nSPS) is 18.3. The van der Waals surface area contributed by atoms with Gasteiger partial charge in [0.25, 0.3) is 0 Å². The number of anilines is 2. The monoisotopic (exact) mass is 487 g/mol. The molecule has 34 heavy (non-hydrogen) atoms. The van der Waals surface area contributed by atoms with E-state index in [1.807, 2.05) is 0 Å². The maximum atomic E-state index is 13.2. The van der Waals surface area contributed by atoms with Crippen LogP contribution in [-0.2, 0) is 26.0 Å². The Kier molecular flexibility index (Phi) is 6.81. The average Bonchev–Trinajstić information content (AvgIpc) is 3.24. The highest BCUT2D eigenvalue weighted by molar-refractivity contribution is 7.89. The van der Waals surface area contributed by atoms with Crippen LogP contribution in [0, 0.1) is 0 Å². The molecule has 9 nitrogen and oxygen atoms in total. The van der Waals surface area contributed by atoms with E-state index in [1.54, 1.807) is 30.3 Å². The Morgan fingerprint density at radius 2 is 1.68 bits per heavy atom. The van der Waals surface area contributed by atoms with Crippen LogP contribution in [0.5, 0.6) is 11.5 Å². The number of fused-ring (bicyclic) bond motifs is 1. The highest BCUT2D eigenvalue weighted by Crippen LogP contribution is 2.36. The standard InChI is InChI=1S/C24H29N3O6S/c1-16(28)27-20-9-8-19(34(30,31)26-11-5-4-6-12-26)13-17(20)14-21(27)24(29)25-18-7-10-22(32-2)23(15-18)33-3/h7-10,13,15,21H,4-6,11-12,14H2,1-3H3,(H,25,29)/t21-/m0/s1. The third-order valence-corrected chi connectivity index (χ3v) is 8.18. The van der Waals surface area contributed by atoms with E-state index in [0.717, 1.165) is 19.3 Å². The Bertz CT molecular complexity index is 1210. The Morgan fingerprint density at radius 3 is 2.32 bits per heavy atom. The minimum atomic E-state index is -3.62. The molecular weight excluding hydrogens is 458 g/mol. The second kappa shape index (κ2) is 9.63. The molecule has 182 valence electrons. The van der Waals surface area contributed by atoms with Crippen molar-refractivity contribution in [3.05, 3.63) is 42.0 Å². The molecule has 0 bridgehead atoms. The van der Waals surface area contributed by atoms with E-state index >= 15 is 0 Å². The summed E-state index contributed by atoms with van der Waals surface area (Å²) in [6.45, 7) is 2.41. The third-order valence-electron chi connectivity index (χ3n) is 6.28. The number of nitrogens with one attached hydrogen (secondary N) is 1. The number of piperidine rings is 1. The first-order valence-corrected chi connectivity index (χ1v) is 12.7. The van der Waals surface area contributed by atoms with Gasteiger partial charge in [0, 0.05) is 43.9 Å². The van der Waals surface area contributed by atoms with Crippen LogP contribution in [0.25, 0.3) is 0 Å². The smallest absolute Gasteiger partial charge is 0.247 e. The molecule has 2 aromatic rings. The SMILES string of the molecule is COc1ccc(NC(=O)[C@@H]2Cc3cc(S(=O)(=O)N4CCCCC4)ccc3N2C(C)=O)cc1OC. The summed E-state index contributed by atoms with van der Waals surface area (Å²) in [6.07, 6.45) is 2.94. The molecule has 0 aromatic heterocycles. The van der Waals surface area contributed by atoms with Gasteiger partial charge in [-0.25, -0.2) is 8.42 Å². The fourth-order valence-corrected chi connectivity index (χ4v) is 6.15. The van der Waals surface area contributed by atoms with Crippen LogP contribution in [0.4, 0.5) is 11.4 Å². The maximum absolute atomic E-state index is 13.2. The summed E-state index contributed by atoms with van der Waals surface area (Å²) in [7, 11) is -0.590. The van der Waals surface area contributed by atoms with E-state index in [4.69, 9.17) is 9.47 Å². The molecule has 1 N–H and O–H groups in total. The number of nitrogens with zero attached hydrogens (tertiary/aromatic N) is 2. The van der Waals surface area contributed by atoms with Crippen LogP contribution in [0.3, 0.4) is 0 Å². The zero-order valence-corrected chi connectivity index (χ0v) is 20.4. The Balaban J connectivity index is 1.59. The van der Waals surface area contributed by atoms with Gasteiger partial charge in [-0.05, 0) is 48.7 Å². The molecule has 10 heteroatoms. The molecule has 2 aromatic carbocycles. The molecule has 0 aliphatic carbocycles. The zero-order chi connectivity index (χ0) is 24.5. The summed E-state index contributed by atoms with van der Waals surface area (Å²) in [5, 5.41) is 2.83. The highest BCUT2D eigenvalue weighted by atomic mass is 32.2. The maximum Gasteiger partial charge on any atom is 0.247 e. The Labute approximate surface area is 199 Å². The molecule has 0 spiro atoms. The lowest BCUT2D eigenvalue weighted by Crippen LogP contribution is -2.44. The number of carbonyl (C=O) groups excluding carboxylic acids is 2. The van der Waals surface area contributed by atoms with Gasteiger partial charge in [0.1, 0.15) is 6.04 Å². The summed E-state index contributed by atoms with van der Waals surface area (Å²) < 4.78 is 38.3. The van der Waals surface area contributed by atoms with E-state index in [9.17, 15) is 18.0 Å². The van der Waals surface area contributed by atoms with Gasteiger partial charge in [-0.1, -0.05) is 6.42 Å². The lowest BCUT2D eigenvalue weighted by atomic mass is 10.1. The summed E-state index contributed by atoms with van der Waals surface area (Å²) in [5.74, 6) is 0.324. The van der Waals surface area contributed by atoms with Gasteiger partial charge in [-0.15, -0.1) is 0 Å². The van der Waals surface area contributed by atoms with Crippen LogP contribution in [0.2, 0.25) is 0 Å². The molecule has 2 aliphatic rings. The molecular formula is C24H29N3O6S. The number of rotatable bonds is 6. The Hall–Kier alpha value is -3.11. The van der Waals surface area contributed by atoms with Crippen molar-refractivity contribution in [2.24, 2.45) is 0 Å². The minimum absolute atomic E-state index is 0.192. The van der Waals surface area contributed by atoms with Gasteiger partial charge in [0.2, 0.25) is 21.8 Å². The van der Waals surface area contributed by atoms with Crippen molar-refractivity contribution in [2.75, 3.05) is 37.5 Å². The zero-order valence-electron chi connectivity index (χ0n) is 19.5. The van der Waals surface area contributed by atoms with Gasteiger partial charge in [-0.3, -0.25) is 14.5 Å². The second-order valence-electron chi connectivity index (χ2n) is 8.42. The highest BCUT2D eigenvalue weighted by Gasteiger charge is 2.38. The van der Waals surface area contributed by atoms with Gasteiger partial charge in [0.15, 0.2) is 11.5 Å². The molecule has 0 unspecified atom stereocenters. The van der Waals surface area contributed by atoms with Gasteiger partial charge in [0.05, 0.1) is 19.1 Å². The van der Waals surface area contributed by atoms with Crippen LogP contribution in [0.1, 0.15) is 31.7 Å². The molecule has 0 saturated carbocycles. The average molecular weight is 488 g/mol. The van der Waals surface area contributed by atoms with Crippen molar-refractivity contribution in [3.63, 3.8) is 0 Å². The number of methoxy groups -OCH3 is 2.